The molecule has 2 N–H and O–H groups in total. The molecule has 2 rings (SSSR count). The van der Waals surface area contributed by atoms with Gasteiger partial charge >= 0.3 is 0 Å². The molecule has 0 aromatic heterocycles. The molecule has 0 aliphatic carbocycles. The summed E-state index contributed by atoms with van der Waals surface area (Å²) in [6.45, 7) is 1.94. The van der Waals surface area contributed by atoms with E-state index in [2.05, 4.69) is 26.6 Å². The third-order valence-electron chi connectivity index (χ3n) is 3.20. The number of carbonyl (C=O) groups is 1. The number of halogens is 1. The van der Waals surface area contributed by atoms with E-state index in [4.69, 9.17) is 5.26 Å². The molecule has 0 radical (unpaired) electrons. The van der Waals surface area contributed by atoms with Crippen molar-refractivity contribution in [2.45, 2.75) is 6.92 Å². The molecule has 0 aliphatic heterocycles. The summed E-state index contributed by atoms with van der Waals surface area (Å²) in [5.41, 5.74) is 2.39. The highest BCUT2D eigenvalue weighted by Gasteiger charge is 2.11. The van der Waals surface area contributed by atoms with E-state index in [0.717, 1.165) is 15.7 Å². The Morgan fingerprint density at radius 1 is 1.21 bits per heavy atom. The first kappa shape index (κ1) is 17.3. The Morgan fingerprint density at radius 2 is 1.96 bits per heavy atom. The zero-order chi connectivity index (χ0) is 17.5. The summed E-state index contributed by atoms with van der Waals surface area (Å²) in [6, 6.07) is 16.0. The van der Waals surface area contributed by atoms with Gasteiger partial charge in [0.15, 0.2) is 0 Å². The van der Waals surface area contributed by atoms with Gasteiger partial charge in [-0.1, -0.05) is 28.1 Å². The second-order valence-corrected chi connectivity index (χ2v) is 5.74. The Hall–Kier alpha value is -3.09. The van der Waals surface area contributed by atoms with Crippen LogP contribution in [-0.2, 0) is 4.79 Å². The fourth-order valence-corrected chi connectivity index (χ4v) is 2.16. The van der Waals surface area contributed by atoms with E-state index in [-0.39, 0.29) is 5.57 Å². The normalized spacial score (nSPS) is 10.4. The van der Waals surface area contributed by atoms with Crippen molar-refractivity contribution < 1.29 is 4.79 Å². The van der Waals surface area contributed by atoms with E-state index < -0.39 is 5.91 Å². The fourth-order valence-electron chi connectivity index (χ4n) is 1.92. The number of hydrogen-bond donors (Lipinski definition) is 2. The van der Waals surface area contributed by atoms with Crippen LogP contribution in [0.15, 0.2) is 58.7 Å². The van der Waals surface area contributed by atoms with Gasteiger partial charge in [-0.05, 0) is 42.8 Å². The van der Waals surface area contributed by atoms with Crippen LogP contribution in [0.5, 0.6) is 0 Å². The summed E-state index contributed by atoms with van der Waals surface area (Å²) < 4.78 is 0.975. The Labute approximate surface area is 148 Å². The number of para-hydroxylation sites is 1. The number of nitrogens with one attached hydrogen (secondary N) is 2. The minimum absolute atomic E-state index is 0.0942. The third kappa shape index (κ3) is 4.22. The van der Waals surface area contributed by atoms with Gasteiger partial charge in [0.1, 0.15) is 17.7 Å². The highest BCUT2D eigenvalue weighted by molar-refractivity contribution is 9.10. The molecule has 118 valence electrons. The predicted molar refractivity (Wildman–Crippen MR) is 96.0 cm³/mol. The average molecular weight is 381 g/mol. The van der Waals surface area contributed by atoms with E-state index in [9.17, 15) is 10.1 Å². The van der Waals surface area contributed by atoms with Crippen LogP contribution in [0.25, 0.3) is 0 Å². The molecule has 0 saturated heterocycles. The first-order valence-electron chi connectivity index (χ1n) is 6.98. The summed E-state index contributed by atoms with van der Waals surface area (Å²) in [4.78, 5) is 12.2. The van der Waals surface area contributed by atoms with Crippen molar-refractivity contribution in [3.63, 3.8) is 0 Å². The molecule has 6 heteroatoms. The molecule has 0 fully saturated rings. The van der Waals surface area contributed by atoms with Gasteiger partial charge in [-0.25, -0.2) is 0 Å². The average Bonchev–Trinajstić information content (AvgIpc) is 2.59. The van der Waals surface area contributed by atoms with E-state index in [1.165, 1.54) is 6.20 Å². The van der Waals surface area contributed by atoms with Gasteiger partial charge in [0, 0.05) is 16.4 Å². The summed E-state index contributed by atoms with van der Waals surface area (Å²) in [7, 11) is 0. The number of nitrogens with zero attached hydrogens (tertiary/aromatic N) is 2. The van der Waals surface area contributed by atoms with Crippen molar-refractivity contribution in [1.29, 1.82) is 10.5 Å². The van der Waals surface area contributed by atoms with Crippen LogP contribution in [0.3, 0.4) is 0 Å². The Kier molecular flexibility index (Phi) is 5.73. The zero-order valence-electron chi connectivity index (χ0n) is 12.8. The molecule has 0 atom stereocenters. The number of carbonyl (C=O) groups excluding carboxylic acids is 1. The lowest BCUT2D eigenvalue weighted by Gasteiger charge is -2.07. The van der Waals surface area contributed by atoms with Gasteiger partial charge in [0.2, 0.25) is 0 Å². The van der Waals surface area contributed by atoms with Crippen molar-refractivity contribution in [2.75, 3.05) is 10.6 Å². The number of aryl methyl sites for hydroxylation is 1. The van der Waals surface area contributed by atoms with Crippen molar-refractivity contribution in [1.82, 2.24) is 0 Å². The zero-order valence-corrected chi connectivity index (χ0v) is 14.4. The molecule has 0 unspecified atom stereocenters. The van der Waals surface area contributed by atoms with Crippen molar-refractivity contribution in [2.24, 2.45) is 0 Å². The SMILES string of the molecule is Cc1cc(N/C=C(/C#N)C(=O)Nc2ccccc2C#N)ccc1Br. The molecular formula is C18H13BrN4O. The van der Waals surface area contributed by atoms with Crippen LogP contribution in [0.4, 0.5) is 11.4 Å². The molecule has 0 heterocycles. The van der Waals surface area contributed by atoms with Crippen molar-refractivity contribution in [3.05, 3.63) is 69.8 Å². The molecule has 2 aromatic rings. The summed E-state index contributed by atoms with van der Waals surface area (Å²) in [6.07, 6.45) is 1.34. The highest BCUT2D eigenvalue weighted by Crippen LogP contribution is 2.20. The fraction of sp³-hybridized carbons (Fsp3) is 0.0556. The number of nitriles is 2. The largest absolute Gasteiger partial charge is 0.360 e. The summed E-state index contributed by atoms with van der Waals surface area (Å²) in [5, 5.41) is 23.7. The smallest absolute Gasteiger partial charge is 0.267 e. The lowest BCUT2D eigenvalue weighted by Crippen LogP contribution is -2.15. The Morgan fingerprint density at radius 3 is 2.62 bits per heavy atom. The topological polar surface area (TPSA) is 88.7 Å². The first-order chi connectivity index (χ1) is 11.5. The van der Waals surface area contributed by atoms with Gasteiger partial charge in [-0.15, -0.1) is 0 Å². The van der Waals surface area contributed by atoms with Crippen LogP contribution in [-0.4, -0.2) is 5.91 Å². The number of amides is 1. The van der Waals surface area contributed by atoms with E-state index in [1.54, 1.807) is 24.3 Å². The molecule has 0 aliphatic rings. The lowest BCUT2D eigenvalue weighted by atomic mass is 10.2. The molecule has 0 spiro atoms. The lowest BCUT2D eigenvalue weighted by molar-refractivity contribution is -0.112. The summed E-state index contributed by atoms with van der Waals surface area (Å²) >= 11 is 3.41. The monoisotopic (exact) mass is 380 g/mol. The maximum Gasteiger partial charge on any atom is 0.267 e. The predicted octanol–water partition coefficient (Wildman–Crippen LogP) is 4.09. The summed E-state index contributed by atoms with van der Waals surface area (Å²) in [5.74, 6) is -0.582. The molecule has 1 amide bonds. The maximum absolute atomic E-state index is 12.2. The van der Waals surface area contributed by atoms with Crippen molar-refractivity contribution >= 4 is 33.2 Å². The second kappa shape index (κ2) is 7.96. The minimum Gasteiger partial charge on any atom is -0.360 e. The molecule has 2 aromatic carbocycles. The Balaban J connectivity index is 2.15. The number of anilines is 2. The van der Waals surface area contributed by atoms with E-state index >= 15 is 0 Å². The minimum atomic E-state index is -0.582. The molecule has 24 heavy (non-hydrogen) atoms. The second-order valence-electron chi connectivity index (χ2n) is 4.89. The van der Waals surface area contributed by atoms with E-state index in [1.807, 2.05) is 37.3 Å². The molecule has 0 bridgehead atoms. The van der Waals surface area contributed by atoms with Crippen LogP contribution >= 0.6 is 15.9 Å². The van der Waals surface area contributed by atoms with Gasteiger partial charge in [-0.2, -0.15) is 10.5 Å². The van der Waals surface area contributed by atoms with Gasteiger partial charge in [0.25, 0.3) is 5.91 Å². The highest BCUT2D eigenvalue weighted by atomic mass is 79.9. The Bertz CT molecular complexity index is 891. The number of rotatable bonds is 4. The van der Waals surface area contributed by atoms with Crippen LogP contribution in [0.1, 0.15) is 11.1 Å². The molecule has 0 saturated carbocycles. The number of hydrogen-bond acceptors (Lipinski definition) is 4. The van der Waals surface area contributed by atoms with Gasteiger partial charge in [0.05, 0.1) is 11.3 Å². The van der Waals surface area contributed by atoms with E-state index in [0.29, 0.717) is 11.3 Å². The third-order valence-corrected chi connectivity index (χ3v) is 4.09. The molecular weight excluding hydrogens is 368 g/mol. The maximum atomic E-state index is 12.2. The van der Waals surface area contributed by atoms with Crippen LogP contribution < -0.4 is 10.6 Å². The quantitative estimate of drug-likeness (QED) is 0.617. The van der Waals surface area contributed by atoms with Gasteiger partial charge in [-0.3, -0.25) is 4.79 Å². The first-order valence-corrected chi connectivity index (χ1v) is 7.78. The van der Waals surface area contributed by atoms with Crippen molar-refractivity contribution in [3.8, 4) is 12.1 Å². The standard InChI is InChI=1S/C18H13BrN4O/c1-12-8-15(6-7-16(12)19)22-11-14(10-21)18(24)23-17-5-3-2-4-13(17)9-20/h2-8,11,22H,1H3,(H,23,24)/b14-11-. The number of benzene rings is 2. The molecule has 5 nitrogen and oxygen atoms in total. The van der Waals surface area contributed by atoms with Gasteiger partial charge < -0.3 is 10.6 Å². The van der Waals surface area contributed by atoms with Crippen LogP contribution in [0, 0.1) is 29.6 Å². The van der Waals surface area contributed by atoms with Crippen LogP contribution in [0.2, 0.25) is 0 Å².